The van der Waals surface area contributed by atoms with Gasteiger partial charge in [-0.25, -0.2) is 0 Å². The van der Waals surface area contributed by atoms with Gasteiger partial charge in [-0.05, 0) is 51.3 Å². The minimum atomic E-state index is 0.718. The van der Waals surface area contributed by atoms with Crippen LogP contribution in [0, 0.1) is 11.3 Å². The van der Waals surface area contributed by atoms with Crippen molar-refractivity contribution in [3.63, 3.8) is 0 Å². The van der Waals surface area contributed by atoms with E-state index in [9.17, 15) is 0 Å². The van der Waals surface area contributed by atoms with Crippen LogP contribution in [0.5, 0.6) is 5.75 Å². The Bertz CT molecular complexity index is 637. The number of benzene rings is 2. The molecule has 0 bridgehead atoms. The van der Waals surface area contributed by atoms with Gasteiger partial charge in [0.1, 0.15) is 5.75 Å². The topological polar surface area (TPSA) is 33.0 Å². The zero-order chi connectivity index (χ0) is 14.4. The standard InChI is InChI=1S/C16H14BrNOS/c1-19-16-6-5-14(8-15(16)17)11-20-10-13-4-2-3-12(7-13)9-18/h2-8H,10-11H2,1H3. The molecule has 0 spiro atoms. The molecule has 0 amide bonds. The molecular weight excluding hydrogens is 334 g/mol. The summed E-state index contributed by atoms with van der Waals surface area (Å²) in [5.74, 6) is 2.68. The Kier molecular flexibility index (Phi) is 5.51. The lowest BCUT2D eigenvalue weighted by molar-refractivity contribution is 0.412. The van der Waals surface area contributed by atoms with Crippen LogP contribution < -0.4 is 4.74 Å². The Hall–Kier alpha value is -1.44. The van der Waals surface area contributed by atoms with Crippen LogP contribution in [0.1, 0.15) is 16.7 Å². The number of thioether (sulfide) groups is 1. The summed E-state index contributed by atoms with van der Waals surface area (Å²) in [7, 11) is 1.66. The van der Waals surface area contributed by atoms with E-state index in [2.05, 4.69) is 40.2 Å². The van der Waals surface area contributed by atoms with Gasteiger partial charge in [-0.1, -0.05) is 18.2 Å². The molecule has 4 heteroatoms. The average Bonchev–Trinajstić information content (AvgIpc) is 2.48. The van der Waals surface area contributed by atoms with E-state index in [0.29, 0.717) is 0 Å². The van der Waals surface area contributed by atoms with Crippen LogP contribution in [0.2, 0.25) is 0 Å². The lowest BCUT2D eigenvalue weighted by Gasteiger charge is -2.06. The highest BCUT2D eigenvalue weighted by Crippen LogP contribution is 2.27. The highest BCUT2D eigenvalue weighted by atomic mass is 79.9. The fraction of sp³-hybridized carbons (Fsp3) is 0.188. The van der Waals surface area contributed by atoms with Gasteiger partial charge in [-0.3, -0.25) is 0 Å². The second-order valence-electron chi connectivity index (χ2n) is 4.27. The van der Waals surface area contributed by atoms with E-state index in [1.807, 2.05) is 36.0 Å². The minimum Gasteiger partial charge on any atom is -0.496 e. The van der Waals surface area contributed by atoms with Gasteiger partial charge in [0.15, 0.2) is 0 Å². The second-order valence-corrected chi connectivity index (χ2v) is 6.11. The van der Waals surface area contributed by atoms with Crippen molar-refractivity contribution in [2.45, 2.75) is 11.5 Å². The molecule has 0 radical (unpaired) electrons. The van der Waals surface area contributed by atoms with Gasteiger partial charge in [-0.2, -0.15) is 17.0 Å². The van der Waals surface area contributed by atoms with E-state index >= 15 is 0 Å². The van der Waals surface area contributed by atoms with Crippen molar-refractivity contribution in [1.29, 1.82) is 5.26 Å². The molecule has 102 valence electrons. The molecule has 20 heavy (non-hydrogen) atoms. The predicted octanol–water partition coefficient (Wildman–Crippen LogP) is 4.76. The molecule has 2 aromatic carbocycles. The van der Waals surface area contributed by atoms with E-state index in [1.165, 1.54) is 11.1 Å². The number of rotatable bonds is 5. The highest BCUT2D eigenvalue weighted by Gasteiger charge is 2.02. The third-order valence-corrected chi connectivity index (χ3v) is 4.50. The SMILES string of the molecule is COc1ccc(CSCc2cccc(C#N)c2)cc1Br. The molecule has 0 aliphatic rings. The summed E-state index contributed by atoms with van der Waals surface area (Å²) in [6, 6.07) is 16.0. The van der Waals surface area contributed by atoms with Crippen molar-refractivity contribution < 1.29 is 4.74 Å². The first-order chi connectivity index (χ1) is 9.72. The molecule has 2 rings (SSSR count). The molecular formula is C16H14BrNOS. The van der Waals surface area contributed by atoms with Crippen molar-refractivity contribution >= 4 is 27.7 Å². The molecule has 0 unspecified atom stereocenters. The Morgan fingerprint density at radius 3 is 2.55 bits per heavy atom. The molecule has 0 aliphatic carbocycles. The van der Waals surface area contributed by atoms with Gasteiger partial charge in [0.2, 0.25) is 0 Å². The maximum atomic E-state index is 8.87. The molecule has 0 saturated heterocycles. The highest BCUT2D eigenvalue weighted by molar-refractivity contribution is 9.10. The van der Waals surface area contributed by atoms with E-state index < -0.39 is 0 Å². The maximum Gasteiger partial charge on any atom is 0.133 e. The summed E-state index contributed by atoms with van der Waals surface area (Å²) in [6.07, 6.45) is 0. The first-order valence-electron chi connectivity index (χ1n) is 6.12. The summed E-state index contributed by atoms with van der Waals surface area (Å²) in [5.41, 5.74) is 3.15. The number of methoxy groups -OCH3 is 1. The summed E-state index contributed by atoms with van der Waals surface area (Å²) in [4.78, 5) is 0. The molecule has 0 aliphatic heterocycles. The fourth-order valence-electron chi connectivity index (χ4n) is 1.82. The smallest absolute Gasteiger partial charge is 0.133 e. The number of nitrogens with zero attached hydrogens (tertiary/aromatic N) is 1. The summed E-state index contributed by atoms with van der Waals surface area (Å²) in [6.45, 7) is 0. The summed E-state index contributed by atoms with van der Waals surface area (Å²) >= 11 is 5.32. The summed E-state index contributed by atoms with van der Waals surface area (Å²) < 4.78 is 6.19. The van der Waals surface area contributed by atoms with Gasteiger partial charge in [-0.15, -0.1) is 0 Å². The first-order valence-corrected chi connectivity index (χ1v) is 8.07. The third kappa shape index (κ3) is 4.03. The second kappa shape index (κ2) is 7.37. The number of halogens is 1. The monoisotopic (exact) mass is 347 g/mol. The van der Waals surface area contributed by atoms with Crippen molar-refractivity contribution in [1.82, 2.24) is 0 Å². The number of hydrogen-bond donors (Lipinski definition) is 0. The van der Waals surface area contributed by atoms with Crippen LogP contribution in [0.15, 0.2) is 46.9 Å². The molecule has 0 saturated carbocycles. The predicted molar refractivity (Wildman–Crippen MR) is 86.9 cm³/mol. The Balaban J connectivity index is 1.92. The number of nitriles is 1. The van der Waals surface area contributed by atoms with Crippen LogP contribution in [-0.2, 0) is 11.5 Å². The van der Waals surface area contributed by atoms with E-state index in [-0.39, 0.29) is 0 Å². The van der Waals surface area contributed by atoms with E-state index in [0.717, 1.165) is 27.3 Å². The molecule has 0 atom stereocenters. The van der Waals surface area contributed by atoms with Gasteiger partial charge < -0.3 is 4.74 Å². The number of ether oxygens (including phenoxy) is 1. The fourth-order valence-corrected chi connectivity index (χ4v) is 3.34. The largest absolute Gasteiger partial charge is 0.496 e. The Morgan fingerprint density at radius 1 is 1.15 bits per heavy atom. The van der Waals surface area contributed by atoms with Gasteiger partial charge in [0.05, 0.1) is 23.2 Å². The van der Waals surface area contributed by atoms with Gasteiger partial charge >= 0.3 is 0 Å². The molecule has 2 nitrogen and oxygen atoms in total. The third-order valence-electron chi connectivity index (χ3n) is 2.81. The normalized spacial score (nSPS) is 10.1. The van der Waals surface area contributed by atoms with Gasteiger partial charge in [0.25, 0.3) is 0 Å². The minimum absolute atomic E-state index is 0.718. The zero-order valence-electron chi connectivity index (χ0n) is 11.1. The van der Waals surface area contributed by atoms with Crippen molar-refractivity contribution in [3.8, 4) is 11.8 Å². The van der Waals surface area contributed by atoms with E-state index in [1.54, 1.807) is 7.11 Å². The molecule has 0 aromatic heterocycles. The molecule has 0 fully saturated rings. The van der Waals surface area contributed by atoms with Crippen LogP contribution in [0.25, 0.3) is 0 Å². The van der Waals surface area contributed by atoms with Crippen LogP contribution in [-0.4, -0.2) is 7.11 Å². The molecule has 0 heterocycles. The lowest BCUT2D eigenvalue weighted by atomic mass is 10.2. The first kappa shape index (κ1) is 15.0. The van der Waals surface area contributed by atoms with Crippen molar-refractivity contribution in [2.24, 2.45) is 0 Å². The van der Waals surface area contributed by atoms with Crippen LogP contribution in [0.4, 0.5) is 0 Å². The van der Waals surface area contributed by atoms with Gasteiger partial charge in [0, 0.05) is 11.5 Å². The maximum absolute atomic E-state index is 8.87. The van der Waals surface area contributed by atoms with E-state index in [4.69, 9.17) is 10.00 Å². The quantitative estimate of drug-likeness (QED) is 0.781. The van der Waals surface area contributed by atoms with Crippen LogP contribution >= 0.6 is 27.7 Å². The molecule has 0 N–H and O–H groups in total. The summed E-state index contributed by atoms with van der Waals surface area (Å²) in [5, 5.41) is 8.87. The average molecular weight is 348 g/mol. The van der Waals surface area contributed by atoms with Crippen LogP contribution in [0.3, 0.4) is 0 Å². The Labute approximate surface area is 131 Å². The lowest BCUT2D eigenvalue weighted by Crippen LogP contribution is -1.88. The van der Waals surface area contributed by atoms with Crippen molar-refractivity contribution in [2.75, 3.05) is 7.11 Å². The van der Waals surface area contributed by atoms with Crippen molar-refractivity contribution in [3.05, 3.63) is 63.6 Å². The molecule has 2 aromatic rings. The Morgan fingerprint density at radius 2 is 1.90 bits per heavy atom. The zero-order valence-corrected chi connectivity index (χ0v) is 13.5. The number of hydrogen-bond acceptors (Lipinski definition) is 3.